The number of aryl methyl sites for hydroxylation is 1. The highest BCUT2D eigenvalue weighted by atomic mass is 35.5. The van der Waals surface area contributed by atoms with Gasteiger partial charge in [0.1, 0.15) is 5.38 Å². The molecule has 0 aromatic heterocycles. The number of hydrogen-bond donors (Lipinski definition) is 1. The summed E-state index contributed by atoms with van der Waals surface area (Å²) in [6, 6.07) is 12.8. The lowest BCUT2D eigenvalue weighted by atomic mass is 9.91. The molecule has 2 aromatic carbocycles. The Bertz CT molecular complexity index is 795. The summed E-state index contributed by atoms with van der Waals surface area (Å²) in [5, 5.41) is 12.7. The third kappa shape index (κ3) is 4.21. The molecule has 0 fully saturated rings. The number of nitrogens with zero attached hydrogens (tertiary/aromatic N) is 1. The van der Waals surface area contributed by atoms with E-state index < -0.39 is 11.3 Å². The van der Waals surface area contributed by atoms with Crippen molar-refractivity contribution >= 4 is 46.4 Å². The highest BCUT2D eigenvalue weighted by Crippen LogP contribution is 2.34. The van der Waals surface area contributed by atoms with Crippen molar-refractivity contribution in [2.45, 2.75) is 25.1 Å². The highest BCUT2D eigenvalue weighted by Gasteiger charge is 2.19. The third-order valence-electron chi connectivity index (χ3n) is 3.61. The Morgan fingerprint density at radius 1 is 1.21 bits per heavy atom. The lowest BCUT2D eigenvalue weighted by molar-refractivity contribution is -0.115. The standard InChI is InChI=1S/C18H15Cl3N2O/c1-10-7-14(15(9-22)12-3-5-13(20)6-4-12)16(21)8-17(10)23-18(24)11(2)19/h3-8,11,15H,1-2H3,(H,23,24). The number of hydrogen-bond acceptors (Lipinski definition) is 2. The van der Waals surface area contributed by atoms with Crippen molar-refractivity contribution in [1.29, 1.82) is 5.26 Å². The zero-order chi connectivity index (χ0) is 17.9. The molecule has 6 heteroatoms. The molecule has 0 saturated heterocycles. The quantitative estimate of drug-likeness (QED) is 0.709. The van der Waals surface area contributed by atoms with E-state index >= 15 is 0 Å². The molecule has 2 atom stereocenters. The van der Waals surface area contributed by atoms with E-state index in [9.17, 15) is 10.1 Å². The molecule has 0 spiro atoms. The number of halogens is 3. The van der Waals surface area contributed by atoms with Crippen molar-refractivity contribution in [3.05, 3.63) is 63.1 Å². The maximum Gasteiger partial charge on any atom is 0.242 e. The Labute approximate surface area is 156 Å². The number of alkyl halides is 1. The van der Waals surface area contributed by atoms with E-state index in [-0.39, 0.29) is 5.91 Å². The first kappa shape index (κ1) is 18.6. The van der Waals surface area contributed by atoms with Crippen molar-refractivity contribution in [2.24, 2.45) is 0 Å². The molecule has 1 amide bonds. The molecule has 2 rings (SSSR count). The zero-order valence-electron chi connectivity index (χ0n) is 13.1. The topological polar surface area (TPSA) is 52.9 Å². The summed E-state index contributed by atoms with van der Waals surface area (Å²) in [7, 11) is 0. The van der Waals surface area contributed by atoms with Crippen LogP contribution in [0.3, 0.4) is 0 Å². The van der Waals surface area contributed by atoms with Gasteiger partial charge in [-0.15, -0.1) is 11.6 Å². The van der Waals surface area contributed by atoms with Gasteiger partial charge in [0.05, 0.1) is 12.0 Å². The van der Waals surface area contributed by atoms with Crippen LogP contribution in [0.25, 0.3) is 0 Å². The van der Waals surface area contributed by atoms with Gasteiger partial charge in [-0.2, -0.15) is 5.26 Å². The normalized spacial score (nSPS) is 13.0. The zero-order valence-corrected chi connectivity index (χ0v) is 15.4. The van der Waals surface area contributed by atoms with Crippen LogP contribution >= 0.6 is 34.8 Å². The predicted octanol–water partition coefficient (Wildman–Crippen LogP) is 5.52. The molecule has 1 N–H and O–H groups in total. The van der Waals surface area contributed by atoms with Crippen LogP contribution in [0.5, 0.6) is 0 Å². The van der Waals surface area contributed by atoms with Crippen molar-refractivity contribution in [1.82, 2.24) is 0 Å². The number of anilines is 1. The Morgan fingerprint density at radius 3 is 2.38 bits per heavy atom. The fraction of sp³-hybridized carbons (Fsp3) is 0.222. The summed E-state index contributed by atoms with van der Waals surface area (Å²) in [5.74, 6) is -0.830. The lowest BCUT2D eigenvalue weighted by Crippen LogP contribution is -2.21. The smallest absolute Gasteiger partial charge is 0.242 e. The molecule has 24 heavy (non-hydrogen) atoms. The van der Waals surface area contributed by atoms with Gasteiger partial charge < -0.3 is 5.32 Å². The van der Waals surface area contributed by atoms with Crippen molar-refractivity contribution in [3.8, 4) is 6.07 Å². The minimum Gasteiger partial charge on any atom is -0.325 e. The van der Waals surface area contributed by atoms with Crippen molar-refractivity contribution in [3.63, 3.8) is 0 Å². The van der Waals surface area contributed by atoms with E-state index in [2.05, 4.69) is 11.4 Å². The highest BCUT2D eigenvalue weighted by molar-refractivity contribution is 6.33. The number of nitrogens with one attached hydrogen (secondary N) is 1. The number of rotatable bonds is 4. The lowest BCUT2D eigenvalue weighted by Gasteiger charge is -2.16. The van der Waals surface area contributed by atoms with Crippen LogP contribution in [-0.2, 0) is 4.79 Å². The maximum absolute atomic E-state index is 11.8. The molecule has 0 aliphatic carbocycles. The number of carbonyl (C=O) groups excluding carboxylic acids is 1. The molecule has 0 radical (unpaired) electrons. The second kappa shape index (κ2) is 7.90. The van der Waals surface area contributed by atoms with E-state index in [1.807, 2.05) is 6.92 Å². The minimum atomic E-state index is -0.649. The van der Waals surface area contributed by atoms with Gasteiger partial charge >= 0.3 is 0 Å². The molecular formula is C18H15Cl3N2O. The van der Waals surface area contributed by atoms with Gasteiger partial charge in [0.2, 0.25) is 5.91 Å². The van der Waals surface area contributed by atoms with Crippen LogP contribution in [0.2, 0.25) is 10.0 Å². The molecule has 2 unspecified atom stereocenters. The van der Waals surface area contributed by atoms with Gasteiger partial charge in [-0.05, 0) is 48.7 Å². The van der Waals surface area contributed by atoms with Gasteiger partial charge in [-0.1, -0.05) is 41.4 Å². The average Bonchev–Trinajstić information content (AvgIpc) is 2.54. The Morgan fingerprint density at radius 2 is 1.83 bits per heavy atom. The minimum absolute atomic E-state index is 0.307. The molecule has 0 heterocycles. The number of carbonyl (C=O) groups is 1. The van der Waals surface area contributed by atoms with Crippen molar-refractivity contribution < 1.29 is 4.79 Å². The Hall–Kier alpha value is -1.73. The van der Waals surface area contributed by atoms with E-state index in [0.29, 0.717) is 21.3 Å². The second-order valence-electron chi connectivity index (χ2n) is 5.41. The van der Waals surface area contributed by atoms with Crippen LogP contribution in [0.4, 0.5) is 5.69 Å². The van der Waals surface area contributed by atoms with Crippen LogP contribution in [0.15, 0.2) is 36.4 Å². The van der Waals surface area contributed by atoms with Crippen LogP contribution in [0.1, 0.15) is 29.5 Å². The third-order valence-corrected chi connectivity index (χ3v) is 4.38. The largest absolute Gasteiger partial charge is 0.325 e. The fourth-order valence-electron chi connectivity index (χ4n) is 2.27. The average molecular weight is 382 g/mol. The molecule has 3 nitrogen and oxygen atoms in total. The number of amides is 1. The molecular weight excluding hydrogens is 367 g/mol. The summed E-state index contributed by atoms with van der Waals surface area (Å²) in [5.41, 5.74) is 2.86. The van der Waals surface area contributed by atoms with Gasteiger partial charge in [0.15, 0.2) is 0 Å². The van der Waals surface area contributed by atoms with E-state index in [4.69, 9.17) is 34.8 Å². The van der Waals surface area contributed by atoms with Crippen LogP contribution < -0.4 is 5.32 Å². The molecule has 2 aromatic rings. The van der Waals surface area contributed by atoms with E-state index in [1.54, 1.807) is 43.3 Å². The predicted molar refractivity (Wildman–Crippen MR) is 99.0 cm³/mol. The maximum atomic E-state index is 11.8. The monoisotopic (exact) mass is 380 g/mol. The first-order chi connectivity index (χ1) is 11.3. The number of nitriles is 1. The first-order valence-electron chi connectivity index (χ1n) is 7.23. The SMILES string of the molecule is Cc1cc(C(C#N)c2ccc(Cl)cc2)c(Cl)cc1NC(=O)C(C)Cl. The summed E-state index contributed by atoms with van der Waals surface area (Å²) in [4.78, 5) is 11.8. The van der Waals surface area contributed by atoms with E-state index in [0.717, 1.165) is 11.1 Å². The molecule has 0 aliphatic rings. The Balaban J connectivity index is 2.40. The van der Waals surface area contributed by atoms with Crippen LogP contribution in [-0.4, -0.2) is 11.3 Å². The first-order valence-corrected chi connectivity index (χ1v) is 8.42. The van der Waals surface area contributed by atoms with Gasteiger partial charge in [0, 0.05) is 15.7 Å². The Kier molecular flexibility index (Phi) is 6.12. The van der Waals surface area contributed by atoms with Crippen molar-refractivity contribution in [2.75, 3.05) is 5.32 Å². The molecule has 0 aliphatic heterocycles. The molecule has 0 saturated carbocycles. The molecule has 124 valence electrons. The second-order valence-corrected chi connectivity index (χ2v) is 6.91. The van der Waals surface area contributed by atoms with Gasteiger partial charge in [0.25, 0.3) is 0 Å². The summed E-state index contributed by atoms with van der Waals surface area (Å²) in [6.07, 6.45) is 0. The fourth-order valence-corrected chi connectivity index (χ4v) is 2.72. The summed E-state index contributed by atoms with van der Waals surface area (Å²) in [6.45, 7) is 3.43. The van der Waals surface area contributed by atoms with Gasteiger partial charge in [-0.25, -0.2) is 0 Å². The number of benzene rings is 2. The van der Waals surface area contributed by atoms with Gasteiger partial charge in [-0.3, -0.25) is 4.79 Å². The van der Waals surface area contributed by atoms with E-state index in [1.165, 1.54) is 0 Å². The van der Waals surface area contributed by atoms with Crippen LogP contribution in [0, 0.1) is 18.3 Å². The summed E-state index contributed by atoms with van der Waals surface area (Å²) < 4.78 is 0. The molecule has 0 bridgehead atoms. The summed E-state index contributed by atoms with van der Waals surface area (Å²) >= 11 is 18.0.